The van der Waals surface area contributed by atoms with Gasteiger partial charge in [0.15, 0.2) is 17.3 Å². The van der Waals surface area contributed by atoms with Crippen molar-refractivity contribution in [1.29, 1.82) is 0 Å². The Morgan fingerprint density at radius 3 is 1.31 bits per heavy atom. The molecule has 0 amide bonds. The van der Waals surface area contributed by atoms with E-state index < -0.39 is 0 Å². The van der Waals surface area contributed by atoms with E-state index in [2.05, 4.69) is 103 Å². The van der Waals surface area contributed by atoms with Gasteiger partial charge in [-0.05, 0) is 147 Å². The standard InChI is InChI=1S/C25H25N5O.C24H26N6O.C24H25N5O2/c1-29-17-22(16-28-29)18-5-6-20-15-27-23(12-21(20)11-18)14-24(31)19-7-8-26-25(13-19)30-9-3-2-4-10-30;1-29(2)9-8-26-24-12-18(6-7-25-24)23(31)13-22-11-20-10-17(4-5-19(20)14-27-22)21-15-28-30(3)16-21;1-28(2)8-9-31-24-12-18(6-7-25-24)23(30)13-22-11-20-10-17(4-5-19(20)14-26-22)21-15-27-29(3)16-21/h5-8,11-13,15-17H,2-4,9-10,14H2,1H3;4-7,10-12,14-16H,8-9,13H2,1-3H3,(H,25,26);4-7,10-12,14-16H,8-9,13H2,1-3H3. The van der Waals surface area contributed by atoms with Gasteiger partial charge in [0, 0.05) is 182 Å². The van der Waals surface area contributed by atoms with Crippen LogP contribution in [0.1, 0.15) is 67.4 Å². The van der Waals surface area contributed by atoms with Crippen LogP contribution in [0.5, 0.6) is 5.88 Å². The number of hydrogen-bond acceptors (Lipinski definition) is 17. The van der Waals surface area contributed by atoms with Crippen molar-refractivity contribution in [2.24, 2.45) is 21.1 Å². The lowest BCUT2D eigenvalue weighted by atomic mass is 10.0. The molecule has 3 aromatic carbocycles. The second-order valence-corrected chi connectivity index (χ2v) is 23.9. The molecular formula is C73H76N16O4. The summed E-state index contributed by atoms with van der Waals surface area (Å²) in [5.74, 6) is 2.14. The molecule has 20 nitrogen and oxygen atoms in total. The molecule has 1 saturated heterocycles. The summed E-state index contributed by atoms with van der Waals surface area (Å²) in [7, 11) is 13.7. The Morgan fingerprint density at radius 1 is 0.441 bits per heavy atom. The number of nitrogens with zero attached hydrogens (tertiary/aromatic N) is 15. The lowest BCUT2D eigenvalue weighted by Crippen LogP contribution is -2.30. The number of rotatable bonds is 21. The van der Waals surface area contributed by atoms with Gasteiger partial charge in [0.25, 0.3) is 0 Å². The number of ketones is 3. The van der Waals surface area contributed by atoms with E-state index in [9.17, 15) is 14.4 Å². The first-order valence-corrected chi connectivity index (χ1v) is 31.1. The predicted molar refractivity (Wildman–Crippen MR) is 366 cm³/mol. The molecular weight excluding hydrogens is 1160 g/mol. The van der Waals surface area contributed by atoms with Gasteiger partial charge in [-0.1, -0.05) is 36.4 Å². The smallest absolute Gasteiger partial charge is 0.213 e. The zero-order chi connectivity index (χ0) is 64.8. The van der Waals surface area contributed by atoms with Crippen LogP contribution in [-0.2, 0) is 40.4 Å². The van der Waals surface area contributed by atoms with Crippen LogP contribution in [0.3, 0.4) is 0 Å². The minimum absolute atomic E-state index is 0.0184. The number of benzene rings is 3. The predicted octanol–water partition coefficient (Wildman–Crippen LogP) is 11.3. The minimum atomic E-state index is -0.0184. The molecule has 0 bridgehead atoms. The van der Waals surface area contributed by atoms with Crippen LogP contribution in [-0.4, -0.2) is 154 Å². The Kier molecular flexibility index (Phi) is 20.6. The van der Waals surface area contributed by atoms with Gasteiger partial charge in [0.2, 0.25) is 5.88 Å². The van der Waals surface area contributed by atoms with Crippen molar-refractivity contribution in [3.8, 4) is 39.3 Å². The van der Waals surface area contributed by atoms with Gasteiger partial charge >= 0.3 is 0 Å². The zero-order valence-corrected chi connectivity index (χ0v) is 53.6. The summed E-state index contributed by atoms with van der Waals surface area (Å²) in [4.78, 5) is 71.5. The molecule has 472 valence electrons. The normalized spacial score (nSPS) is 12.2. The topological polar surface area (TPSA) is 213 Å². The second-order valence-electron chi connectivity index (χ2n) is 23.9. The Hall–Kier alpha value is -10.7. The molecule has 0 unspecified atom stereocenters. The second kappa shape index (κ2) is 30.0. The van der Waals surface area contributed by atoms with Gasteiger partial charge in [-0.25, -0.2) is 15.0 Å². The average Bonchev–Trinajstić information content (AvgIpc) is 2.27. The summed E-state index contributed by atoms with van der Waals surface area (Å²) >= 11 is 0. The maximum Gasteiger partial charge on any atom is 0.213 e. The number of aryl methyl sites for hydroxylation is 3. The van der Waals surface area contributed by atoms with Gasteiger partial charge in [0.1, 0.15) is 18.2 Å². The summed E-state index contributed by atoms with van der Waals surface area (Å²) in [5, 5.41) is 22.3. The number of carbonyl (C=O) groups excluding carboxylic acids is 3. The van der Waals surface area contributed by atoms with E-state index in [-0.39, 0.29) is 36.6 Å². The molecule has 1 N–H and O–H groups in total. The maximum absolute atomic E-state index is 13.0. The molecule has 12 aromatic rings. The minimum Gasteiger partial charge on any atom is -0.476 e. The van der Waals surface area contributed by atoms with Crippen molar-refractivity contribution in [2.45, 2.75) is 38.5 Å². The van der Waals surface area contributed by atoms with E-state index in [4.69, 9.17) is 4.74 Å². The van der Waals surface area contributed by atoms with E-state index >= 15 is 0 Å². The van der Waals surface area contributed by atoms with Crippen LogP contribution < -0.4 is 15.0 Å². The highest BCUT2D eigenvalue weighted by molar-refractivity contribution is 6.00. The zero-order valence-electron chi connectivity index (χ0n) is 53.6. The Balaban J connectivity index is 0.000000143. The number of aromatic nitrogens is 12. The third-order valence-electron chi connectivity index (χ3n) is 16.0. The van der Waals surface area contributed by atoms with E-state index in [1.807, 2.05) is 146 Å². The average molecular weight is 1240 g/mol. The third kappa shape index (κ3) is 17.2. The Bertz CT molecular complexity index is 4390. The van der Waals surface area contributed by atoms with E-state index in [0.717, 1.165) is 121 Å². The molecule has 0 atom stereocenters. The number of likely N-dealkylation sites (N-methyl/N-ethyl adjacent to an activating group) is 2. The molecule has 20 heteroatoms. The fourth-order valence-corrected chi connectivity index (χ4v) is 10.9. The van der Waals surface area contributed by atoms with Gasteiger partial charge < -0.3 is 24.8 Å². The molecule has 0 radical (unpaired) electrons. The molecule has 9 aromatic heterocycles. The van der Waals surface area contributed by atoms with Crippen molar-refractivity contribution in [3.63, 3.8) is 0 Å². The number of anilines is 2. The fraction of sp³-hybridized carbons (Fsp3) is 0.260. The number of Topliss-reactive ketones (excluding diaryl/α,β-unsaturated/α-hetero) is 3. The van der Waals surface area contributed by atoms with Crippen molar-refractivity contribution < 1.29 is 19.1 Å². The Morgan fingerprint density at radius 2 is 0.871 bits per heavy atom. The van der Waals surface area contributed by atoms with E-state index in [1.165, 1.54) is 19.3 Å². The van der Waals surface area contributed by atoms with E-state index in [1.54, 1.807) is 63.0 Å². The largest absolute Gasteiger partial charge is 0.476 e. The van der Waals surface area contributed by atoms with Crippen LogP contribution in [0.25, 0.3) is 65.7 Å². The van der Waals surface area contributed by atoms with Crippen LogP contribution >= 0.6 is 0 Å². The third-order valence-corrected chi connectivity index (χ3v) is 16.0. The number of hydrogen-bond donors (Lipinski definition) is 1. The monoisotopic (exact) mass is 1240 g/mol. The number of ether oxygens (including phenoxy) is 1. The first-order valence-electron chi connectivity index (χ1n) is 31.1. The molecule has 0 saturated carbocycles. The molecule has 93 heavy (non-hydrogen) atoms. The summed E-state index contributed by atoms with van der Waals surface area (Å²) in [6.07, 6.45) is 26.4. The molecule has 1 aliphatic heterocycles. The van der Waals surface area contributed by atoms with E-state index in [0.29, 0.717) is 35.0 Å². The first-order chi connectivity index (χ1) is 45.1. The molecule has 10 heterocycles. The van der Waals surface area contributed by atoms with Crippen molar-refractivity contribution in [2.75, 3.05) is 77.7 Å². The lowest BCUT2D eigenvalue weighted by Gasteiger charge is -2.27. The van der Waals surface area contributed by atoms with Gasteiger partial charge in [0.05, 0.1) is 37.9 Å². The summed E-state index contributed by atoms with van der Waals surface area (Å²) in [5.41, 5.74) is 10.6. The number of piperidine rings is 1. The van der Waals surface area contributed by atoms with Crippen molar-refractivity contribution in [1.82, 2.24) is 69.0 Å². The number of nitrogens with one attached hydrogen (secondary N) is 1. The molecule has 0 spiro atoms. The van der Waals surface area contributed by atoms with Gasteiger partial charge in [-0.2, -0.15) is 15.3 Å². The molecule has 1 fully saturated rings. The fourth-order valence-electron chi connectivity index (χ4n) is 10.9. The van der Waals surface area contributed by atoms with Crippen LogP contribution in [0.4, 0.5) is 11.6 Å². The quantitative estimate of drug-likeness (QED) is 0.0662. The van der Waals surface area contributed by atoms with Gasteiger partial charge in [-0.3, -0.25) is 43.4 Å². The van der Waals surface area contributed by atoms with Crippen molar-refractivity contribution in [3.05, 3.63) is 217 Å². The first kappa shape index (κ1) is 63.9. The molecule has 13 rings (SSSR count). The highest BCUT2D eigenvalue weighted by Crippen LogP contribution is 2.29. The summed E-state index contributed by atoms with van der Waals surface area (Å²) in [6, 6.07) is 35.3. The highest BCUT2D eigenvalue weighted by atomic mass is 16.5. The number of fused-ring (bicyclic) bond motifs is 3. The molecule has 0 aliphatic carbocycles. The lowest BCUT2D eigenvalue weighted by molar-refractivity contribution is 0.0983. The van der Waals surface area contributed by atoms with Crippen LogP contribution in [0, 0.1) is 0 Å². The van der Waals surface area contributed by atoms with Crippen LogP contribution in [0.2, 0.25) is 0 Å². The molecule has 1 aliphatic rings. The van der Waals surface area contributed by atoms with Gasteiger partial charge in [-0.15, -0.1) is 0 Å². The highest BCUT2D eigenvalue weighted by Gasteiger charge is 2.18. The summed E-state index contributed by atoms with van der Waals surface area (Å²) < 4.78 is 11.0. The SMILES string of the molecule is CN(C)CCNc1cc(C(=O)Cc2cc3cc(-c4cnn(C)c4)ccc3cn2)ccn1.CN(C)CCOc1cc(C(=O)Cc2cc3cc(-c4cnn(C)c4)ccc3cn2)ccn1.Cn1cc(-c2ccc3cnc(CC(=O)c4ccnc(N5CCCCC5)c4)cc3c2)cn1. The number of pyridine rings is 6. The maximum atomic E-state index is 13.0. The van der Waals surface area contributed by atoms with Crippen LogP contribution in [0.15, 0.2) is 184 Å². The number of carbonyl (C=O) groups is 3. The summed E-state index contributed by atoms with van der Waals surface area (Å²) in [6.45, 7) is 4.97. The van der Waals surface area contributed by atoms with Crippen molar-refractivity contribution >= 4 is 61.3 Å². The Labute approximate surface area is 541 Å².